The molecule has 0 unspecified atom stereocenters. The van der Waals surface area contributed by atoms with Crippen LogP contribution in [0, 0.1) is 28.5 Å². The van der Waals surface area contributed by atoms with Crippen molar-refractivity contribution in [1.29, 1.82) is 5.26 Å². The molecule has 37 heavy (non-hydrogen) atoms. The average molecular weight is 514 g/mol. The Kier molecular flexibility index (Phi) is 7.05. The minimum Gasteiger partial charge on any atom is -0.481 e. The van der Waals surface area contributed by atoms with Gasteiger partial charge in [-0.25, -0.2) is 4.39 Å². The molecule has 1 fully saturated rings. The van der Waals surface area contributed by atoms with Gasteiger partial charge in [-0.1, -0.05) is 44.2 Å². The first-order valence-electron chi connectivity index (χ1n) is 13.1. The number of halogens is 1. The lowest BCUT2D eigenvalue weighted by atomic mass is 9.79. The van der Waals surface area contributed by atoms with Crippen molar-refractivity contribution in [2.75, 3.05) is 0 Å². The molecule has 2 aliphatic carbocycles. The zero-order valence-electron chi connectivity index (χ0n) is 21.4. The Balaban J connectivity index is 1.47. The molecular formula is C32H32FNO2S. The highest BCUT2D eigenvalue weighted by atomic mass is 32.1. The Hall–Kier alpha value is -3.23. The van der Waals surface area contributed by atoms with Gasteiger partial charge in [-0.3, -0.25) is 4.79 Å². The van der Waals surface area contributed by atoms with E-state index in [9.17, 15) is 15.2 Å². The van der Waals surface area contributed by atoms with Crippen molar-refractivity contribution >= 4 is 22.9 Å². The SMILES string of the molecule is CC1(C)CCC=C1c1c(CCc2cccc([C@@H](CC(=O)O)C3CC3)c2)csc1-c1cc(C#N)ccc1F. The van der Waals surface area contributed by atoms with Crippen LogP contribution in [0.15, 0.2) is 53.9 Å². The zero-order chi connectivity index (χ0) is 26.2. The molecule has 3 nitrogen and oxygen atoms in total. The molecule has 190 valence electrons. The number of carbonyl (C=O) groups is 1. The number of nitrogens with zero attached hydrogens (tertiary/aromatic N) is 1. The fraction of sp³-hybridized carbons (Fsp3) is 0.375. The summed E-state index contributed by atoms with van der Waals surface area (Å²) >= 11 is 1.56. The van der Waals surface area contributed by atoms with Crippen LogP contribution >= 0.6 is 11.3 Å². The summed E-state index contributed by atoms with van der Waals surface area (Å²) in [5.41, 5.74) is 6.88. The van der Waals surface area contributed by atoms with E-state index in [0.29, 0.717) is 17.0 Å². The molecule has 0 amide bonds. The number of allylic oxidation sites excluding steroid dienone is 2. The summed E-state index contributed by atoms with van der Waals surface area (Å²) in [6, 6.07) is 15.2. The van der Waals surface area contributed by atoms with Crippen molar-refractivity contribution in [3.05, 3.63) is 87.6 Å². The number of aliphatic carboxylic acids is 1. The van der Waals surface area contributed by atoms with E-state index < -0.39 is 5.97 Å². The van der Waals surface area contributed by atoms with Crippen LogP contribution in [0.3, 0.4) is 0 Å². The van der Waals surface area contributed by atoms with Crippen molar-refractivity contribution < 1.29 is 14.3 Å². The van der Waals surface area contributed by atoms with E-state index in [0.717, 1.165) is 54.5 Å². The number of rotatable bonds is 9. The van der Waals surface area contributed by atoms with E-state index in [2.05, 4.69) is 49.6 Å². The molecule has 0 radical (unpaired) electrons. The summed E-state index contributed by atoms with van der Waals surface area (Å²) in [7, 11) is 0. The van der Waals surface area contributed by atoms with Gasteiger partial charge in [0.05, 0.1) is 18.1 Å². The lowest BCUT2D eigenvalue weighted by Gasteiger charge is -2.24. The molecule has 1 aromatic heterocycles. The molecule has 0 saturated heterocycles. The second-order valence-corrected chi connectivity index (χ2v) is 12.0. The molecule has 2 aromatic carbocycles. The minimum absolute atomic E-state index is 0.00211. The van der Waals surface area contributed by atoms with Gasteiger partial charge in [0.25, 0.3) is 0 Å². The first kappa shape index (κ1) is 25.4. The molecule has 0 spiro atoms. The number of hydrogen-bond acceptors (Lipinski definition) is 3. The first-order chi connectivity index (χ1) is 17.8. The number of thiophene rings is 1. The van der Waals surface area contributed by atoms with Gasteiger partial charge in [0.1, 0.15) is 5.82 Å². The number of carboxylic acid groups (broad SMARTS) is 1. The lowest BCUT2D eigenvalue weighted by Crippen LogP contribution is -2.11. The second kappa shape index (κ2) is 10.3. The summed E-state index contributed by atoms with van der Waals surface area (Å²) in [4.78, 5) is 12.4. The van der Waals surface area contributed by atoms with Crippen LogP contribution in [0.25, 0.3) is 16.0 Å². The quantitative estimate of drug-likeness (QED) is 0.313. The average Bonchev–Trinajstić information content (AvgIpc) is 3.54. The highest BCUT2D eigenvalue weighted by Gasteiger charge is 2.34. The van der Waals surface area contributed by atoms with Gasteiger partial charge in [0.2, 0.25) is 0 Å². The van der Waals surface area contributed by atoms with Gasteiger partial charge >= 0.3 is 5.97 Å². The largest absolute Gasteiger partial charge is 0.481 e. The molecule has 5 heteroatoms. The van der Waals surface area contributed by atoms with Crippen molar-refractivity contribution in [1.82, 2.24) is 0 Å². The molecule has 1 heterocycles. The van der Waals surface area contributed by atoms with Crippen molar-refractivity contribution in [3.8, 4) is 16.5 Å². The molecule has 2 aliphatic rings. The maximum Gasteiger partial charge on any atom is 0.303 e. The van der Waals surface area contributed by atoms with Gasteiger partial charge in [-0.2, -0.15) is 5.26 Å². The van der Waals surface area contributed by atoms with Crippen molar-refractivity contribution in [2.45, 2.75) is 64.7 Å². The summed E-state index contributed by atoms with van der Waals surface area (Å²) in [6.07, 6.45) is 8.41. The maximum absolute atomic E-state index is 15.0. The molecule has 5 rings (SSSR count). The number of hydrogen-bond donors (Lipinski definition) is 1. The summed E-state index contributed by atoms with van der Waals surface area (Å²) in [6.45, 7) is 4.51. The topological polar surface area (TPSA) is 61.1 Å². The van der Waals surface area contributed by atoms with E-state index in [1.54, 1.807) is 17.4 Å². The fourth-order valence-corrected chi connectivity index (χ4v) is 6.91. The predicted octanol–water partition coefficient (Wildman–Crippen LogP) is 8.38. The third-order valence-corrected chi connectivity index (χ3v) is 9.03. The van der Waals surface area contributed by atoms with Crippen molar-refractivity contribution in [2.24, 2.45) is 11.3 Å². The fourth-order valence-electron chi connectivity index (χ4n) is 5.77. The van der Waals surface area contributed by atoms with Crippen LogP contribution in [-0.2, 0) is 17.6 Å². The first-order valence-corrected chi connectivity index (χ1v) is 14.0. The van der Waals surface area contributed by atoms with Crippen LogP contribution in [0.4, 0.5) is 4.39 Å². The smallest absolute Gasteiger partial charge is 0.303 e. The van der Waals surface area contributed by atoms with Gasteiger partial charge in [-0.05, 0) is 107 Å². The zero-order valence-corrected chi connectivity index (χ0v) is 22.2. The number of aryl methyl sites for hydroxylation is 2. The monoisotopic (exact) mass is 513 g/mol. The van der Waals surface area contributed by atoms with Gasteiger partial charge < -0.3 is 5.11 Å². The second-order valence-electron chi connectivity index (χ2n) is 11.1. The van der Waals surface area contributed by atoms with Gasteiger partial charge in [-0.15, -0.1) is 11.3 Å². The standard InChI is InChI=1S/C32H32FNO2S/c1-32(2)14-4-7-27(32)30-24(19-37-31(30)26-16-21(18-34)9-13-28(26)33)10-8-20-5-3-6-23(15-20)25(17-29(35)36)22-11-12-22/h3,5-7,9,13,15-16,19,22,25H,4,8,10-12,14,17H2,1-2H3,(H,35,36)/t25-/m0/s1. The molecule has 0 aliphatic heterocycles. The van der Waals surface area contributed by atoms with Crippen LogP contribution in [0.5, 0.6) is 0 Å². The minimum atomic E-state index is -0.738. The number of carboxylic acids is 1. The van der Waals surface area contributed by atoms with E-state index in [4.69, 9.17) is 0 Å². The van der Waals surface area contributed by atoms with Gasteiger partial charge in [0.15, 0.2) is 0 Å². The Labute approximate surface area is 222 Å². The highest BCUT2D eigenvalue weighted by Crippen LogP contribution is 2.50. The normalized spacial score (nSPS) is 17.3. The lowest BCUT2D eigenvalue weighted by molar-refractivity contribution is -0.137. The Bertz CT molecular complexity index is 1410. The van der Waals surface area contributed by atoms with E-state index in [1.807, 2.05) is 6.07 Å². The summed E-state index contributed by atoms with van der Waals surface area (Å²) in [5.74, 6) is -0.478. The molecule has 1 atom stereocenters. The number of benzene rings is 2. The van der Waals surface area contributed by atoms with Crippen LogP contribution in [0.2, 0.25) is 0 Å². The third-order valence-electron chi connectivity index (χ3n) is 7.97. The van der Waals surface area contributed by atoms with Crippen LogP contribution in [0.1, 0.15) is 79.7 Å². The van der Waals surface area contributed by atoms with Crippen molar-refractivity contribution in [3.63, 3.8) is 0 Å². The Morgan fingerprint density at radius 2 is 2.03 bits per heavy atom. The van der Waals surface area contributed by atoms with E-state index in [1.165, 1.54) is 28.8 Å². The summed E-state index contributed by atoms with van der Waals surface area (Å²) < 4.78 is 15.0. The molecule has 1 saturated carbocycles. The van der Waals surface area contributed by atoms with E-state index in [-0.39, 0.29) is 23.6 Å². The molecular weight excluding hydrogens is 481 g/mol. The summed E-state index contributed by atoms with van der Waals surface area (Å²) in [5, 5.41) is 21.0. The van der Waals surface area contributed by atoms with Gasteiger partial charge in [0, 0.05) is 10.4 Å². The third kappa shape index (κ3) is 5.40. The highest BCUT2D eigenvalue weighted by molar-refractivity contribution is 7.14. The Morgan fingerprint density at radius 3 is 2.70 bits per heavy atom. The number of nitriles is 1. The molecule has 3 aromatic rings. The molecule has 1 N–H and O–H groups in total. The van der Waals surface area contributed by atoms with Crippen LogP contribution < -0.4 is 0 Å². The Morgan fingerprint density at radius 1 is 1.22 bits per heavy atom. The molecule has 0 bridgehead atoms. The maximum atomic E-state index is 15.0. The predicted molar refractivity (Wildman–Crippen MR) is 147 cm³/mol. The van der Waals surface area contributed by atoms with E-state index >= 15 is 4.39 Å². The van der Waals surface area contributed by atoms with Crippen LogP contribution in [-0.4, -0.2) is 11.1 Å².